The largest absolute Gasteiger partial charge is 0.480 e. The summed E-state index contributed by atoms with van der Waals surface area (Å²) >= 11 is 0.993. The maximum atomic E-state index is 13.6. The van der Waals surface area contributed by atoms with Gasteiger partial charge in [0.05, 0.1) is 22.8 Å². The lowest BCUT2D eigenvalue weighted by molar-refractivity contribution is -0.139. The number of carbonyl (C=O) groups excluding carboxylic acids is 1. The van der Waals surface area contributed by atoms with Crippen LogP contribution in [0.3, 0.4) is 0 Å². The molecule has 9 N–H and O–H groups in total. The number of amides is 1. The van der Waals surface area contributed by atoms with Gasteiger partial charge in [-0.1, -0.05) is 30.3 Å². The molecule has 4 rings (SSSR count). The van der Waals surface area contributed by atoms with Crippen molar-refractivity contribution in [3.8, 4) is 5.69 Å². The SMILES string of the molecule is Cc1nn(-c2ccccc2)c(C)c1CNc1ccccc1S(=O)(=O)Nc1ccsc1C(=O)N[C@@H](CCCNC(N)N)C(=O)O. The molecule has 0 saturated carbocycles. The molecule has 2 aromatic heterocycles. The number of aryl methyl sites for hydroxylation is 1. The molecule has 0 aliphatic carbocycles. The first-order valence-corrected chi connectivity index (χ1v) is 16.2. The first kappa shape index (κ1) is 32.6. The number of rotatable bonds is 15. The molecule has 15 heteroatoms. The van der Waals surface area contributed by atoms with Crippen molar-refractivity contribution in [2.45, 2.75) is 50.5 Å². The van der Waals surface area contributed by atoms with E-state index in [0.717, 1.165) is 34.0 Å². The molecule has 2 heterocycles. The molecule has 0 saturated heterocycles. The minimum Gasteiger partial charge on any atom is -0.480 e. The predicted molar refractivity (Wildman–Crippen MR) is 170 cm³/mol. The lowest BCUT2D eigenvalue weighted by Crippen LogP contribution is -2.46. The summed E-state index contributed by atoms with van der Waals surface area (Å²) in [6.07, 6.45) is -0.223. The molecule has 0 bridgehead atoms. The predicted octanol–water partition coefficient (Wildman–Crippen LogP) is 2.72. The Morgan fingerprint density at radius 2 is 1.73 bits per heavy atom. The summed E-state index contributed by atoms with van der Waals surface area (Å²) in [4.78, 5) is 24.8. The molecule has 0 radical (unpaired) electrons. The van der Waals surface area contributed by atoms with Gasteiger partial charge in [0.1, 0.15) is 22.1 Å². The molecule has 1 amide bonds. The van der Waals surface area contributed by atoms with Gasteiger partial charge in [-0.25, -0.2) is 17.9 Å². The van der Waals surface area contributed by atoms with Crippen LogP contribution in [0.1, 0.15) is 39.5 Å². The van der Waals surface area contributed by atoms with Gasteiger partial charge in [0.25, 0.3) is 15.9 Å². The number of nitrogens with one attached hydrogen (secondary N) is 4. The summed E-state index contributed by atoms with van der Waals surface area (Å²) in [6.45, 7) is 4.55. The number of para-hydroxylation sites is 2. The number of hydrogen-bond donors (Lipinski definition) is 7. The highest BCUT2D eigenvalue weighted by Gasteiger charge is 2.26. The second-order valence-electron chi connectivity index (χ2n) is 10.0. The average Bonchev–Trinajstić information content (AvgIpc) is 3.56. The summed E-state index contributed by atoms with van der Waals surface area (Å²) in [5.74, 6) is -1.92. The van der Waals surface area contributed by atoms with E-state index in [2.05, 4.69) is 25.8 Å². The molecule has 0 fully saturated rings. The highest BCUT2D eigenvalue weighted by molar-refractivity contribution is 7.93. The van der Waals surface area contributed by atoms with Gasteiger partial charge in [0, 0.05) is 17.8 Å². The molecule has 4 aromatic rings. The lowest BCUT2D eigenvalue weighted by atomic mass is 10.1. The van der Waals surface area contributed by atoms with Crippen LogP contribution in [-0.2, 0) is 21.4 Å². The third kappa shape index (κ3) is 8.00. The van der Waals surface area contributed by atoms with Gasteiger partial charge < -0.3 is 27.2 Å². The summed E-state index contributed by atoms with van der Waals surface area (Å²) < 4.78 is 31.5. The number of carbonyl (C=O) groups is 2. The minimum absolute atomic E-state index is 0.0164. The van der Waals surface area contributed by atoms with Crippen molar-refractivity contribution in [2.75, 3.05) is 16.6 Å². The van der Waals surface area contributed by atoms with E-state index in [1.807, 2.05) is 48.9 Å². The maximum absolute atomic E-state index is 13.6. The number of benzene rings is 2. The van der Waals surface area contributed by atoms with Gasteiger partial charge >= 0.3 is 5.97 Å². The van der Waals surface area contributed by atoms with Gasteiger partial charge in [0.2, 0.25) is 0 Å². The van der Waals surface area contributed by atoms with Gasteiger partial charge in [-0.15, -0.1) is 11.3 Å². The fraction of sp³-hybridized carbons (Fsp3) is 0.276. The standard InChI is InChI=1S/C29H36N8O5S2/c1-18-21(19(2)37(35-18)20-9-4-3-5-10-20)17-33-22-11-6-7-13-25(22)44(41,42)36-23-14-16-43-26(23)27(38)34-24(28(39)40)12-8-15-32-29(30)31/h3-7,9-11,13-14,16,24,29,32-33,36H,8,12,15,17,30-31H2,1-2H3,(H,34,38)(H,39,40)/t24-/m0/s1. The number of aliphatic carboxylic acids is 1. The number of nitrogens with zero attached hydrogens (tertiary/aromatic N) is 2. The van der Waals surface area contributed by atoms with Gasteiger partial charge in [-0.05, 0) is 68.9 Å². The molecule has 13 nitrogen and oxygen atoms in total. The van der Waals surface area contributed by atoms with E-state index in [4.69, 9.17) is 11.5 Å². The van der Waals surface area contributed by atoms with Crippen LogP contribution in [0.15, 0.2) is 70.9 Å². The highest BCUT2D eigenvalue weighted by Crippen LogP contribution is 2.29. The van der Waals surface area contributed by atoms with Crippen LogP contribution >= 0.6 is 11.3 Å². The number of hydrogen-bond acceptors (Lipinski definition) is 10. The number of aromatic nitrogens is 2. The van der Waals surface area contributed by atoms with Gasteiger partial charge in [-0.3, -0.25) is 14.8 Å². The van der Waals surface area contributed by atoms with Crippen LogP contribution in [0.4, 0.5) is 11.4 Å². The van der Waals surface area contributed by atoms with Crippen LogP contribution in [-0.4, -0.2) is 54.1 Å². The van der Waals surface area contributed by atoms with E-state index in [-0.39, 0.29) is 21.9 Å². The fourth-order valence-electron chi connectivity index (χ4n) is 4.60. The number of carboxylic acid groups (broad SMARTS) is 1. The molecular formula is C29H36N8O5S2. The third-order valence-electron chi connectivity index (χ3n) is 6.84. The van der Waals surface area contributed by atoms with Crippen molar-refractivity contribution in [3.05, 3.63) is 87.9 Å². The van der Waals surface area contributed by atoms with Crippen LogP contribution in [0.5, 0.6) is 0 Å². The number of carboxylic acids is 1. The Labute approximate surface area is 259 Å². The summed E-state index contributed by atoms with van der Waals surface area (Å²) in [6, 6.07) is 16.4. The van der Waals surface area contributed by atoms with E-state index in [1.54, 1.807) is 23.6 Å². The minimum atomic E-state index is -4.16. The van der Waals surface area contributed by atoms with Crippen molar-refractivity contribution < 1.29 is 23.1 Å². The molecule has 0 spiro atoms. The Bertz CT molecular complexity index is 1700. The zero-order valence-electron chi connectivity index (χ0n) is 24.3. The third-order valence-corrected chi connectivity index (χ3v) is 9.18. The Hall–Kier alpha value is -4.28. The summed E-state index contributed by atoms with van der Waals surface area (Å²) in [5, 5.41) is 24.3. The van der Waals surface area contributed by atoms with Crippen LogP contribution in [0.25, 0.3) is 5.69 Å². The smallest absolute Gasteiger partial charge is 0.326 e. The fourth-order valence-corrected chi connectivity index (χ4v) is 6.68. The Balaban J connectivity index is 1.48. The van der Waals surface area contributed by atoms with Crippen molar-refractivity contribution in [1.82, 2.24) is 20.4 Å². The highest BCUT2D eigenvalue weighted by atomic mass is 32.2. The van der Waals surface area contributed by atoms with Crippen molar-refractivity contribution in [1.29, 1.82) is 0 Å². The molecule has 0 unspecified atom stereocenters. The van der Waals surface area contributed by atoms with E-state index in [0.29, 0.717) is 25.2 Å². The van der Waals surface area contributed by atoms with Crippen LogP contribution in [0.2, 0.25) is 0 Å². The zero-order valence-corrected chi connectivity index (χ0v) is 25.9. The number of thiophene rings is 1. The average molecular weight is 641 g/mol. The Kier molecular flexibility index (Phi) is 10.7. The van der Waals surface area contributed by atoms with Gasteiger partial charge in [-0.2, -0.15) is 5.10 Å². The summed E-state index contributed by atoms with van der Waals surface area (Å²) in [7, 11) is -4.16. The quantitative estimate of drug-likeness (QED) is 0.0747. The number of nitrogens with two attached hydrogens (primary N) is 2. The molecule has 234 valence electrons. The van der Waals surface area contributed by atoms with Crippen molar-refractivity contribution >= 4 is 44.6 Å². The molecule has 2 aromatic carbocycles. The molecule has 0 aliphatic heterocycles. The number of anilines is 2. The van der Waals surface area contributed by atoms with Gasteiger partial charge in [0.15, 0.2) is 0 Å². The van der Waals surface area contributed by atoms with E-state index in [1.165, 1.54) is 12.1 Å². The molecule has 0 aliphatic rings. The number of sulfonamides is 1. The second-order valence-corrected chi connectivity index (χ2v) is 12.6. The first-order valence-electron chi connectivity index (χ1n) is 13.8. The Morgan fingerprint density at radius 3 is 2.43 bits per heavy atom. The maximum Gasteiger partial charge on any atom is 0.326 e. The topological polar surface area (TPSA) is 206 Å². The second kappa shape index (κ2) is 14.5. The Morgan fingerprint density at radius 1 is 1.02 bits per heavy atom. The molecule has 1 atom stereocenters. The zero-order chi connectivity index (χ0) is 31.9. The van der Waals surface area contributed by atoms with Crippen LogP contribution in [0, 0.1) is 13.8 Å². The van der Waals surface area contributed by atoms with Crippen molar-refractivity contribution in [3.63, 3.8) is 0 Å². The monoisotopic (exact) mass is 640 g/mol. The summed E-state index contributed by atoms with van der Waals surface area (Å²) in [5.41, 5.74) is 14.8. The van der Waals surface area contributed by atoms with E-state index < -0.39 is 34.2 Å². The lowest BCUT2D eigenvalue weighted by Gasteiger charge is -2.16. The van der Waals surface area contributed by atoms with Crippen LogP contribution < -0.4 is 32.1 Å². The normalized spacial score (nSPS) is 12.2. The molecular weight excluding hydrogens is 605 g/mol. The first-order chi connectivity index (χ1) is 21.0. The van der Waals surface area contributed by atoms with E-state index >= 15 is 0 Å². The van der Waals surface area contributed by atoms with Crippen molar-refractivity contribution in [2.24, 2.45) is 11.5 Å². The molecule has 44 heavy (non-hydrogen) atoms. The van der Waals surface area contributed by atoms with E-state index in [9.17, 15) is 23.1 Å².